The van der Waals surface area contributed by atoms with Gasteiger partial charge in [-0.2, -0.15) is 0 Å². The molecule has 0 aliphatic carbocycles. The molecule has 3 rings (SSSR count). The Morgan fingerprint density at radius 1 is 1.23 bits per heavy atom. The molecule has 2 aliphatic rings. The molecule has 0 saturated carbocycles. The summed E-state index contributed by atoms with van der Waals surface area (Å²) in [5, 5.41) is 4.63. The van der Waals surface area contributed by atoms with Crippen LogP contribution in [0.1, 0.15) is 24.8 Å². The zero-order chi connectivity index (χ0) is 15.5. The fraction of sp³-hybridized carbons (Fsp3) is 0.438. The minimum absolute atomic E-state index is 0.0306. The first-order valence-electron chi connectivity index (χ1n) is 7.58. The highest BCUT2D eigenvalue weighted by Gasteiger charge is 2.35. The van der Waals surface area contributed by atoms with Gasteiger partial charge in [0.15, 0.2) is 0 Å². The monoisotopic (exact) mass is 301 g/mol. The summed E-state index contributed by atoms with van der Waals surface area (Å²) in [6, 6.07) is 9.00. The number of nitrogens with one attached hydrogen (secondary N) is 2. The summed E-state index contributed by atoms with van der Waals surface area (Å²) in [4.78, 5) is 36.9. The Labute approximate surface area is 128 Å². The molecule has 0 spiro atoms. The first-order valence-corrected chi connectivity index (χ1v) is 7.58. The molecule has 1 aromatic carbocycles. The summed E-state index contributed by atoms with van der Waals surface area (Å²) in [5.41, 5.74) is 1.21. The molecule has 4 amide bonds. The van der Waals surface area contributed by atoms with E-state index in [0.717, 1.165) is 25.8 Å². The highest BCUT2D eigenvalue weighted by Crippen LogP contribution is 2.22. The van der Waals surface area contributed by atoms with Crippen LogP contribution in [0, 0.1) is 0 Å². The van der Waals surface area contributed by atoms with Crippen molar-refractivity contribution < 1.29 is 14.4 Å². The second-order valence-corrected chi connectivity index (χ2v) is 5.79. The third-order valence-electron chi connectivity index (χ3n) is 4.25. The minimum Gasteiger partial charge on any atom is -0.339 e. The number of nitrogens with zero attached hydrogens (tertiary/aromatic N) is 1. The maximum absolute atomic E-state index is 12.4. The summed E-state index contributed by atoms with van der Waals surface area (Å²) >= 11 is 0. The van der Waals surface area contributed by atoms with Gasteiger partial charge in [-0.3, -0.25) is 14.9 Å². The van der Waals surface area contributed by atoms with Crippen LogP contribution in [0.15, 0.2) is 30.3 Å². The summed E-state index contributed by atoms with van der Waals surface area (Å²) < 4.78 is 0. The Morgan fingerprint density at radius 2 is 2.00 bits per heavy atom. The maximum atomic E-state index is 12.4. The third-order valence-corrected chi connectivity index (χ3v) is 4.25. The van der Waals surface area contributed by atoms with Crippen molar-refractivity contribution in [2.24, 2.45) is 0 Å². The zero-order valence-electron chi connectivity index (χ0n) is 12.2. The number of carbonyl (C=O) groups is 3. The van der Waals surface area contributed by atoms with Gasteiger partial charge in [0, 0.05) is 12.6 Å². The van der Waals surface area contributed by atoms with E-state index in [-0.39, 0.29) is 18.4 Å². The lowest BCUT2D eigenvalue weighted by atomic mass is 10.0. The molecule has 2 N–H and O–H groups in total. The van der Waals surface area contributed by atoms with Crippen LogP contribution in [0.5, 0.6) is 0 Å². The standard InChI is InChI=1S/C16H19N3O3/c20-14(10-13-15(21)18-16(22)17-13)19-8-4-7-12(19)9-11-5-2-1-3-6-11/h1-3,5-6,12-13H,4,7-10H2,(H2,17,18,21,22). The highest BCUT2D eigenvalue weighted by atomic mass is 16.2. The van der Waals surface area contributed by atoms with Crippen molar-refractivity contribution in [1.29, 1.82) is 0 Å². The molecule has 2 atom stereocenters. The van der Waals surface area contributed by atoms with E-state index in [4.69, 9.17) is 0 Å². The van der Waals surface area contributed by atoms with Crippen LogP contribution in [0.25, 0.3) is 0 Å². The Bertz CT molecular complexity index is 588. The number of hydrogen-bond acceptors (Lipinski definition) is 3. The summed E-state index contributed by atoms with van der Waals surface area (Å²) in [6.45, 7) is 0.721. The van der Waals surface area contributed by atoms with Crippen LogP contribution < -0.4 is 10.6 Å². The van der Waals surface area contributed by atoms with E-state index >= 15 is 0 Å². The summed E-state index contributed by atoms with van der Waals surface area (Å²) in [5.74, 6) is -0.488. The average Bonchev–Trinajstić information content (AvgIpc) is 3.07. The first kappa shape index (κ1) is 14.6. The number of rotatable bonds is 4. The lowest BCUT2D eigenvalue weighted by molar-refractivity contribution is -0.134. The van der Waals surface area contributed by atoms with Gasteiger partial charge in [-0.25, -0.2) is 4.79 Å². The summed E-state index contributed by atoms with van der Waals surface area (Å²) in [6.07, 6.45) is 2.81. The van der Waals surface area contributed by atoms with Crippen LogP contribution in [0.4, 0.5) is 4.79 Å². The van der Waals surface area contributed by atoms with E-state index in [1.165, 1.54) is 5.56 Å². The lowest BCUT2D eigenvalue weighted by Crippen LogP contribution is -2.41. The van der Waals surface area contributed by atoms with Crippen molar-refractivity contribution >= 4 is 17.8 Å². The number of benzene rings is 1. The number of imide groups is 1. The Kier molecular flexibility index (Phi) is 4.09. The molecule has 22 heavy (non-hydrogen) atoms. The van der Waals surface area contributed by atoms with Gasteiger partial charge in [0.2, 0.25) is 5.91 Å². The van der Waals surface area contributed by atoms with Crippen LogP contribution in [0.3, 0.4) is 0 Å². The van der Waals surface area contributed by atoms with Gasteiger partial charge in [-0.1, -0.05) is 30.3 Å². The van der Waals surface area contributed by atoms with Crippen molar-refractivity contribution in [1.82, 2.24) is 15.5 Å². The molecule has 2 unspecified atom stereocenters. The van der Waals surface area contributed by atoms with Gasteiger partial charge in [0.25, 0.3) is 5.91 Å². The molecule has 116 valence electrons. The molecule has 2 heterocycles. The van der Waals surface area contributed by atoms with E-state index in [9.17, 15) is 14.4 Å². The molecule has 0 bridgehead atoms. The zero-order valence-corrected chi connectivity index (χ0v) is 12.2. The van der Waals surface area contributed by atoms with E-state index in [0.29, 0.717) is 0 Å². The first-order chi connectivity index (χ1) is 10.6. The SMILES string of the molecule is O=C1NC(=O)C(CC(=O)N2CCCC2Cc2ccccc2)N1. The van der Waals surface area contributed by atoms with E-state index < -0.39 is 18.0 Å². The van der Waals surface area contributed by atoms with Gasteiger partial charge in [0.1, 0.15) is 6.04 Å². The van der Waals surface area contributed by atoms with Crippen molar-refractivity contribution in [3.05, 3.63) is 35.9 Å². The molecular weight excluding hydrogens is 282 g/mol. The Balaban J connectivity index is 1.61. The number of carbonyl (C=O) groups excluding carboxylic acids is 3. The predicted octanol–water partition coefficient (Wildman–Crippen LogP) is 0.818. The molecular formula is C16H19N3O3. The lowest BCUT2D eigenvalue weighted by Gasteiger charge is -2.25. The molecule has 1 aromatic rings. The summed E-state index contributed by atoms with van der Waals surface area (Å²) in [7, 11) is 0. The molecule has 2 fully saturated rings. The average molecular weight is 301 g/mol. The molecule has 0 aromatic heterocycles. The second kappa shape index (κ2) is 6.17. The fourth-order valence-corrected chi connectivity index (χ4v) is 3.16. The van der Waals surface area contributed by atoms with Crippen LogP contribution in [0.2, 0.25) is 0 Å². The van der Waals surface area contributed by atoms with Crippen LogP contribution >= 0.6 is 0 Å². The maximum Gasteiger partial charge on any atom is 0.322 e. The topological polar surface area (TPSA) is 78.5 Å². The van der Waals surface area contributed by atoms with Gasteiger partial charge in [0.05, 0.1) is 6.42 Å². The Hall–Kier alpha value is -2.37. The second-order valence-electron chi connectivity index (χ2n) is 5.79. The molecule has 2 aliphatic heterocycles. The molecule has 6 nitrogen and oxygen atoms in total. The normalized spacial score (nSPS) is 24.3. The smallest absolute Gasteiger partial charge is 0.322 e. The molecule has 0 radical (unpaired) electrons. The Morgan fingerprint density at radius 3 is 2.68 bits per heavy atom. The molecule has 2 saturated heterocycles. The number of amides is 4. The van der Waals surface area contributed by atoms with Crippen molar-refractivity contribution in [2.75, 3.05) is 6.54 Å². The third kappa shape index (κ3) is 3.10. The van der Waals surface area contributed by atoms with Gasteiger partial charge in [-0.05, 0) is 24.8 Å². The number of hydrogen-bond donors (Lipinski definition) is 2. The van der Waals surface area contributed by atoms with E-state index in [1.807, 2.05) is 23.1 Å². The van der Waals surface area contributed by atoms with Gasteiger partial charge < -0.3 is 10.2 Å². The number of likely N-dealkylation sites (tertiary alicyclic amines) is 1. The minimum atomic E-state index is -0.738. The van der Waals surface area contributed by atoms with Gasteiger partial charge in [-0.15, -0.1) is 0 Å². The fourth-order valence-electron chi connectivity index (χ4n) is 3.16. The van der Waals surface area contributed by atoms with Crippen molar-refractivity contribution in [3.8, 4) is 0 Å². The van der Waals surface area contributed by atoms with Gasteiger partial charge >= 0.3 is 6.03 Å². The van der Waals surface area contributed by atoms with Crippen LogP contribution in [-0.4, -0.2) is 41.4 Å². The van der Waals surface area contributed by atoms with E-state index in [1.54, 1.807) is 0 Å². The van der Waals surface area contributed by atoms with Crippen LogP contribution in [-0.2, 0) is 16.0 Å². The molecule has 6 heteroatoms. The largest absolute Gasteiger partial charge is 0.339 e. The van der Waals surface area contributed by atoms with E-state index in [2.05, 4.69) is 22.8 Å². The quantitative estimate of drug-likeness (QED) is 0.808. The van der Waals surface area contributed by atoms with Crippen molar-refractivity contribution in [2.45, 2.75) is 37.8 Å². The van der Waals surface area contributed by atoms with Crippen molar-refractivity contribution in [3.63, 3.8) is 0 Å². The predicted molar refractivity (Wildman–Crippen MR) is 80.0 cm³/mol. The highest BCUT2D eigenvalue weighted by molar-refractivity contribution is 6.05. The number of urea groups is 1.